The number of hydrogen-bond acceptors (Lipinski definition) is 6. The van der Waals surface area contributed by atoms with Crippen molar-refractivity contribution in [2.24, 2.45) is 0 Å². The van der Waals surface area contributed by atoms with Crippen molar-refractivity contribution in [1.82, 2.24) is 14.7 Å². The normalized spacial score (nSPS) is 20.3. The number of nitrogens with zero attached hydrogens (tertiary/aromatic N) is 4. The molecule has 2 aromatic carbocycles. The van der Waals surface area contributed by atoms with Gasteiger partial charge in [-0.05, 0) is 44.0 Å². The molecule has 0 N–H and O–H groups in total. The second-order valence-corrected chi connectivity index (χ2v) is 11.2. The summed E-state index contributed by atoms with van der Waals surface area (Å²) in [6.45, 7) is 5.04. The summed E-state index contributed by atoms with van der Waals surface area (Å²) in [7, 11) is 0. The first-order valence-electron chi connectivity index (χ1n) is 14.1. The van der Waals surface area contributed by atoms with Crippen LogP contribution in [0.4, 0.5) is 4.39 Å². The van der Waals surface area contributed by atoms with Gasteiger partial charge < -0.3 is 16.7 Å². The molecule has 4 heterocycles. The molecule has 2 aliphatic heterocycles. The van der Waals surface area contributed by atoms with E-state index in [0.29, 0.717) is 28.6 Å². The van der Waals surface area contributed by atoms with E-state index >= 15 is 0 Å². The predicted octanol–water partition coefficient (Wildman–Crippen LogP) is 5.37. The summed E-state index contributed by atoms with van der Waals surface area (Å²) in [5.41, 5.74) is 3.44. The quantitative estimate of drug-likeness (QED) is 0.172. The minimum absolute atomic E-state index is 0. The highest BCUT2D eigenvalue weighted by molar-refractivity contribution is 5.89. The van der Waals surface area contributed by atoms with Crippen molar-refractivity contribution < 1.29 is 22.9 Å². The Morgan fingerprint density at radius 3 is 2.71 bits per heavy atom. The predicted molar refractivity (Wildman–Crippen MR) is 154 cm³/mol. The third-order valence-electron chi connectivity index (χ3n) is 8.65. The molecule has 1 fully saturated rings. The molecule has 4 aromatic rings. The fourth-order valence-corrected chi connectivity index (χ4v) is 6.25. The van der Waals surface area contributed by atoms with Crippen molar-refractivity contribution in [3.63, 3.8) is 0 Å². The number of quaternary nitrogens is 1. The minimum atomic E-state index is -0.351. The van der Waals surface area contributed by atoms with Crippen LogP contribution in [0.15, 0.2) is 57.8 Å². The molecule has 0 amide bonds. The first-order valence-corrected chi connectivity index (χ1v) is 14.1. The van der Waals surface area contributed by atoms with Gasteiger partial charge in [-0.25, -0.2) is 14.2 Å². The Balaban J connectivity index is 0.00000337. The number of fused-ring (bicyclic) bond motifs is 2. The molecule has 0 bridgehead atoms. The number of carbonyl (C=O) groups is 1. The van der Waals surface area contributed by atoms with Gasteiger partial charge in [0.15, 0.2) is 5.58 Å². The lowest BCUT2D eigenvalue weighted by Crippen LogP contribution is -2.55. The van der Waals surface area contributed by atoms with E-state index < -0.39 is 0 Å². The van der Waals surface area contributed by atoms with Crippen molar-refractivity contribution in [2.75, 3.05) is 26.4 Å². The summed E-state index contributed by atoms with van der Waals surface area (Å²) >= 11 is 0. The van der Waals surface area contributed by atoms with Crippen molar-refractivity contribution >= 4 is 16.9 Å². The monoisotopic (exact) mass is 560 g/mol. The van der Waals surface area contributed by atoms with Crippen LogP contribution in [0.2, 0.25) is 0 Å². The van der Waals surface area contributed by atoms with Gasteiger partial charge in [-0.15, -0.1) is 0 Å². The highest BCUT2D eigenvalue weighted by Gasteiger charge is 2.37. The molecule has 2 aromatic heterocycles. The van der Waals surface area contributed by atoms with E-state index in [1.165, 1.54) is 12.1 Å². The molecule has 41 heavy (non-hydrogen) atoms. The molecule has 0 atom stereocenters. The zero-order chi connectivity index (χ0) is 27.7. The number of halogens is 1. The largest absolute Gasteiger partial charge is 0.411 e. The average Bonchev–Trinajstić information content (AvgIpc) is 3.39. The number of carbonyl (C=O) groups excluding carboxylic acids is 1. The third kappa shape index (κ3) is 5.81. The van der Waals surface area contributed by atoms with Gasteiger partial charge in [-0.3, -0.25) is 13.8 Å². The van der Waals surface area contributed by atoms with Crippen LogP contribution >= 0.6 is 0 Å². The van der Waals surface area contributed by atoms with Gasteiger partial charge in [0, 0.05) is 60.9 Å². The third-order valence-corrected chi connectivity index (χ3v) is 8.65. The van der Waals surface area contributed by atoms with Crippen LogP contribution in [0.5, 0.6) is 0 Å². The van der Waals surface area contributed by atoms with Gasteiger partial charge in [0.25, 0.3) is 5.56 Å². The Kier molecular flexibility index (Phi) is 8.35. The van der Waals surface area contributed by atoms with Gasteiger partial charge in [-0.1, -0.05) is 23.4 Å². The number of benzene rings is 2. The highest BCUT2D eigenvalue weighted by Crippen LogP contribution is 2.35. The van der Waals surface area contributed by atoms with E-state index in [4.69, 9.17) is 14.2 Å². The van der Waals surface area contributed by atoms with Crippen LogP contribution < -0.4 is 5.56 Å². The molecule has 0 aliphatic carbocycles. The minimum Gasteiger partial charge on any atom is -0.411 e. The van der Waals surface area contributed by atoms with Crippen LogP contribution in [-0.2, 0) is 24.1 Å². The maximum absolute atomic E-state index is 13.7. The van der Waals surface area contributed by atoms with Crippen molar-refractivity contribution in [1.29, 1.82) is 0 Å². The zero-order valence-electron chi connectivity index (χ0n) is 23.8. The molecule has 0 saturated carbocycles. The van der Waals surface area contributed by atoms with Gasteiger partial charge in [-0.2, -0.15) is 0 Å². The van der Waals surface area contributed by atoms with Gasteiger partial charge in [0.1, 0.15) is 11.6 Å². The lowest BCUT2D eigenvalue weighted by atomic mass is 9.90. The number of hydrogen-bond donors (Lipinski definition) is 0. The summed E-state index contributed by atoms with van der Waals surface area (Å²) in [6, 6.07) is 13.5. The van der Waals surface area contributed by atoms with E-state index in [1.807, 2.05) is 29.7 Å². The van der Waals surface area contributed by atoms with E-state index in [9.17, 15) is 14.0 Å². The van der Waals surface area contributed by atoms with E-state index in [1.54, 1.807) is 18.2 Å². The maximum Gasteiger partial charge on any atom is 0.342 e. The second kappa shape index (κ2) is 11.9. The number of aryl methyl sites for hydroxylation is 2. The van der Waals surface area contributed by atoms with Crippen molar-refractivity contribution in [3.8, 4) is 0 Å². The van der Waals surface area contributed by atoms with E-state index in [0.717, 1.165) is 79.9 Å². The summed E-state index contributed by atoms with van der Waals surface area (Å²) in [5.74, 6) is 0.341. The summed E-state index contributed by atoms with van der Waals surface area (Å²) < 4.78 is 27.4. The Morgan fingerprint density at radius 1 is 1.15 bits per heavy atom. The number of aromatic nitrogens is 3. The zero-order valence-corrected chi connectivity index (χ0v) is 23.8. The number of rotatable bonds is 7. The fraction of sp³-hybridized carbons (Fsp3) is 0.406. The first kappa shape index (κ1) is 28.7. The molecule has 0 unspecified atom stereocenters. The topological polar surface area (TPSA) is 87.2 Å². The molecule has 0 radical (unpaired) electrons. The summed E-state index contributed by atoms with van der Waals surface area (Å²) in [5, 5.41) is 5.13. The van der Waals surface area contributed by atoms with Crippen LogP contribution in [-0.4, -0.2) is 51.5 Å². The SMILES string of the molecule is Cc1nc2n(c(=O)c1CC[N+]1(COC(=O)c3ccccc3)CCC(c3noc4cc(F)ccc34)CC1)CCCC2.[CH3-]. The average molecular weight is 561 g/mol. The molecule has 6 rings (SSSR count). The van der Waals surface area contributed by atoms with Crippen LogP contribution in [0.1, 0.15) is 64.7 Å². The Labute approximate surface area is 239 Å². The van der Waals surface area contributed by atoms with Crippen LogP contribution in [0, 0.1) is 20.2 Å². The Morgan fingerprint density at radius 2 is 1.93 bits per heavy atom. The first-order chi connectivity index (χ1) is 19.4. The Bertz CT molecular complexity index is 1590. The smallest absolute Gasteiger partial charge is 0.342 e. The second-order valence-electron chi connectivity index (χ2n) is 11.2. The van der Waals surface area contributed by atoms with Crippen LogP contribution in [0.3, 0.4) is 0 Å². The number of ether oxygens (including phenoxy) is 1. The maximum atomic E-state index is 13.7. The lowest BCUT2D eigenvalue weighted by Gasteiger charge is -2.42. The molecule has 2 aliphatic rings. The molecule has 8 nitrogen and oxygen atoms in total. The van der Waals surface area contributed by atoms with Crippen LogP contribution in [0.25, 0.3) is 11.0 Å². The molecule has 216 valence electrons. The summed E-state index contributed by atoms with van der Waals surface area (Å²) in [4.78, 5) is 31.0. The van der Waals surface area contributed by atoms with Gasteiger partial charge in [0.2, 0.25) is 6.73 Å². The number of esters is 1. The molecule has 0 spiro atoms. The molecule has 1 saturated heterocycles. The standard InChI is InChI=1S/C31H34FN4O4.CH3/c1-21-25(30(37)35-15-6-5-9-28(35)33-21)14-18-36(20-39-31(38)23-7-3-2-4-8-23)16-12-22(13-17-36)29-26-11-10-24(32)19-27(26)40-34-29;/h2-4,7-8,10-11,19,22H,5-6,9,12-18,20H2,1H3;1H3/q+1;-1. The van der Waals surface area contributed by atoms with Gasteiger partial charge in [0.05, 0.1) is 30.9 Å². The molecular formula is C32H37FN4O4. The number of likely N-dealkylation sites (tertiary alicyclic amines) is 1. The molecular weight excluding hydrogens is 523 g/mol. The highest BCUT2D eigenvalue weighted by atomic mass is 19.1. The van der Waals surface area contributed by atoms with E-state index in [2.05, 4.69) is 5.16 Å². The number of piperidine rings is 1. The van der Waals surface area contributed by atoms with E-state index in [-0.39, 0.29) is 37.4 Å². The lowest BCUT2D eigenvalue weighted by molar-refractivity contribution is -0.947. The summed E-state index contributed by atoms with van der Waals surface area (Å²) in [6.07, 6.45) is 5.09. The van der Waals surface area contributed by atoms with Crippen molar-refractivity contribution in [3.05, 3.63) is 100 Å². The Hall–Kier alpha value is -3.85. The van der Waals surface area contributed by atoms with Gasteiger partial charge >= 0.3 is 5.97 Å². The van der Waals surface area contributed by atoms with Crippen molar-refractivity contribution in [2.45, 2.75) is 57.9 Å². The fourth-order valence-electron chi connectivity index (χ4n) is 6.25. The molecule has 9 heteroatoms.